The number of amides is 1. The maximum Gasteiger partial charge on any atom is 0.268 e. The molecule has 218 valence electrons. The number of anilines is 4. The number of benzene rings is 2. The second-order valence-electron chi connectivity index (χ2n) is 10.3. The fourth-order valence-corrected chi connectivity index (χ4v) is 5.97. The average molecular weight is 601 g/mol. The third kappa shape index (κ3) is 6.10. The molecule has 1 fully saturated rings. The van der Waals surface area contributed by atoms with Crippen LogP contribution in [-0.2, 0) is 21.1 Å². The van der Waals surface area contributed by atoms with Crippen molar-refractivity contribution in [1.29, 1.82) is 0 Å². The van der Waals surface area contributed by atoms with Crippen molar-refractivity contribution in [2.75, 3.05) is 36.9 Å². The molecule has 0 spiro atoms. The number of hydrazine groups is 1. The van der Waals surface area contributed by atoms with Gasteiger partial charge in [-0.05, 0) is 57.5 Å². The molecule has 0 aliphatic carbocycles. The van der Waals surface area contributed by atoms with Crippen molar-refractivity contribution in [1.82, 2.24) is 20.0 Å². The summed E-state index contributed by atoms with van der Waals surface area (Å²) >= 11 is 6.41. The second kappa shape index (κ2) is 11.8. The van der Waals surface area contributed by atoms with Crippen molar-refractivity contribution in [3.63, 3.8) is 0 Å². The van der Waals surface area contributed by atoms with E-state index in [1.807, 2.05) is 24.9 Å². The van der Waals surface area contributed by atoms with Gasteiger partial charge in [0.1, 0.15) is 10.8 Å². The Bertz CT molecular complexity index is 1560. The number of carbonyl (C=O) groups excluding carboxylic acids is 1. The summed E-state index contributed by atoms with van der Waals surface area (Å²) in [6.07, 6.45) is 1.30. The van der Waals surface area contributed by atoms with Gasteiger partial charge in [-0.15, -0.1) is 0 Å². The SMILES string of the molecule is CC(C)Oc1cc2c(cc1Nc1ncc(Cl)c(Nc3ccccc3S(=O)(=O)C(C)C)n1)C(=O)N(N1CCOCC1)C2. The molecule has 1 saturated heterocycles. The van der Waals surface area contributed by atoms with Crippen molar-refractivity contribution in [3.05, 3.63) is 58.7 Å². The number of morpholine rings is 1. The normalized spacial score (nSPS) is 15.9. The van der Waals surface area contributed by atoms with Crippen molar-refractivity contribution in [2.45, 2.75) is 50.5 Å². The van der Waals surface area contributed by atoms with Gasteiger partial charge in [-0.1, -0.05) is 23.7 Å². The summed E-state index contributed by atoms with van der Waals surface area (Å²) in [6, 6.07) is 10.2. The molecule has 2 aliphatic heterocycles. The molecule has 41 heavy (non-hydrogen) atoms. The highest BCUT2D eigenvalue weighted by molar-refractivity contribution is 7.92. The van der Waals surface area contributed by atoms with Gasteiger partial charge in [0, 0.05) is 18.7 Å². The molecule has 0 unspecified atom stereocenters. The van der Waals surface area contributed by atoms with Crippen LogP contribution in [0, 0.1) is 0 Å². The van der Waals surface area contributed by atoms with Gasteiger partial charge in [0.15, 0.2) is 15.7 Å². The molecule has 11 nitrogen and oxygen atoms in total. The molecule has 13 heteroatoms. The third-order valence-electron chi connectivity index (χ3n) is 6.74. The number of halogens is 1. The first-order valence-corrected chi connectivity index (χ1v) is 15.3. The van der Waals surface area contributed by atoms with Gasteiger partial charge in [-0.2, -0.15) is 4.98 Å². The van der Waals surface area contributed by atoms with E-state index in [0.717, 1.165) is 5.56 Å². The van der Waals surface area contributed by atoms with Crippen LogP contribution in [0.4, 0.5) is 23.1 Å². The van der Waals surface area contributed by atoms with Crippen LogP contribution in [0.3, 0.4) is 0 Å². The minimum absolute atomic E-state index is 0.0941. The monoisotopic (exact) mass is 600 g/mol. The number of carbonyl (C=O) groups is 1. The van der Waals surface area contributed by atoms with Gasteiger partial charge in [-0.3, -0.25) is 9.80 Å². The summed E-state index contributed by atoms with van der Waals surface area (Å²) in [7, 11) is -3.57. The number of fused-ring (bicyclic) bond motifs is 1. The molecule has 0 saturated carbocycles. The van der Waals surface area contributed by atoms with Gasteiger partial charge >= 0.3 is 0 Å². The first-order valence-electron chi connectivity index (χ1n) is 13.4. The number of nitrogens with one attached hydrogen (secondary N) is 2. The maximum absolute atomic E-state index is 13.4. The van der Waals surface area contributed by atoms with E-state index in [4.69, 9.17) is 21.1 Å². The Morgan fingerprint density at radius 2 is 1.78 bits per heavy atom. The third-order valence-corrected chi connectivity index (χ3v) is 9.23. The summed E-state index contributed by atoms with van der Waals surface area (Å²) in [5.41, 5.74) is 2.30. The van der Waals surface area contributed by atoms with Crippen molar-refractivity contribution < 1.29 is 22.7 Å². The Kier molecular flexibility index (Phi) is 8.37. The number of ether oxygens (including phenoxy) is 2. The Morgan fingerprint density at radius 1 is 1.05 bits per heavy atom. The molecule has 2 N–H and O–H groups in total. The fourth-order valence-electron chi connectivity index (χ4n) is 4.63. The van der Waals surface area contributed by atoms with Crippen molar-refractivity contribution in [3.8, 4) is 5.75 Å². The molecular weight excluding hydrogens is 568 g/mol. The van der Waals surface area contributed by atoms with E-state index in [9.17, 15) is 13.2 Å². The number of para-hydroxylation sites is 1. The lowest BCUT2D eigenvalue weighted by molar-refractivity contribution is -0.0699. The lowest BCUT2D eigenvalue weighted by atomic mass is 10.1. The van der Waals surface area contributed by atoms with Crippen LogP contribution in [0.15, 0.2) is 47.5 Å². The first kappa shape index (κ1) is 29.1. The molecule has 2 aromatic carbocycles. The molecule has 0 bridgehead atoms. The van der Waals surface area contributed by atoms with E-state index in [0.29, 0.717) is 55.5 Å². The Labute approximate surface area is 244 Å². The summed E-state index contributed by atoms with van der Waals surface area (Å²) in [5.74, 6) is 0.864. The zero-order chi connectivity index (χ0) is 29.3. The maximum atomic E-state index is 13.4. The molecule has 3 heterocycles. The second-order valence-corrected chi connectivity index (χ2v) is 13.2. The largest absolute Gasteiger partial charge is 0.489 e. The van der Waals surface area contributed by atoms with E-state index in [1.54, 1.807) is 49.2 Å². The number of aromatic nitrogens is 2. The summed E-state index contributed by atoms with van der Waals surface area (Å²) in [4.78, 5) is 22.3. The van der Waals surface area contributed by atoms with E-state index in [1.165, 1.54) is 6.20 Å². The highest BCUT2D eigenvalue weighted by Crippen LogP contribution is 2.37. The molecule has 3 aromatic rings. The molecular formula is C28H33ClN6O5S. The van der Waals surface area contributed by atoms with Crippen LogP contribution in [0.5, 0.6) is 5.75 Å². The summed E-state index contributed by atoms with van der Waals surface area (Å²) < 4.78 is 37.4. The van der Waals surface area contributed by atoms with E-state index >= 15 is 0 Å². The highest BCUT2D eigenvalue weighted by atomic mass is 35.5. The van der Waals surface area contributed by atoms with Gasteiger partial charge in [0.05, 0.1) is 53.6 Å². The number of rotatable bonds is 9. The zero-order valence-electron chi connectivity index (χ0n) is 23.3. The molecule has 1 aromatic heterocycles. The number of sulfone groups is 1. The molecule has 2 aliphatic rings. The van der Waals surface area contributed by atoms with Crippen molar-refractivity contribution in [2.24, 2.45) is 0 Å². The first-order chi connectivity index (χ1) is 19.5. The summed E-state index contributed by atoms with van der Waals surface area (Å²) in [5, 5.41) is 9.59. The van der Waals surface area contributed by atoms with E-state index < -0.39 is 15.1 Å². The Morgan fingerprint density at radius 3 is 2.49 bits per heavy atom. The van der Waals surface area contributed by atoms with Gasteiger partial charge < -0.3 is 20.1 Å². The smallest absolute Gasteiger partial charge is 0.268 e. The topological polar surface area (TPSA) is 126 Å². The van der Waals surface area contributed by atoms with Crippen LogP contribution in [-0.4, -0.2) is 72.0 Å². The summed E-state index contributed by atoms with van der Waals surface area (Å²) in [6.45, 7) is 10.0. The minimum atomic E-state index is -3.57. The molecule has 1 amide bonds. The van der Waals surface area contributed by atoms with Gasteiger partial charge in [0.2, 0.25) is 5.95 Å². The molecule has 5 rings (SSSR count). The Balaban J connectivity index is 1.45. The van der Waals surface area contributed by atoms with Crippen LogP contribution in [0.1, 0.15) is 43.6 Å². The fraction of sp³-hybridized carbons (Fsp3) is 0.393. The Hall–Kier alpha value is -3.45. The number of hydrogen-bond donors (Lipinski definition) is 2. The molecule has 0 atom stereocenters. The highest BCUT2D eigenvalue weighted by Gasteiger charge is 2.34. The van der Waals surface area contributed by atoms with Crippen LogP contribution in [0.25, 0.3) is 0 Å². The van der Waals surface area contributed by atoms with Crippen LogP contribution >= 0.6 is 11.6 Å². The lowest BCUT2D eigenvalue weighted by Crippen LogP contribution is -2.48. The predicted molar refractivity (Wildman–Crippen MR) is 157 cm³/mol. The average Bonchev–Trinajstić information content (AvgIpc) is 3.26. The van der Waals surface area contributed by atoms with E-state index in [-0.39, 0.29) is 33.7 Å². The number of nitrogens with zero attached hydrogens (tertiary/aromatic N) is 4. The minimum Gasteiger partial charge on any atom is -0.489 e. The quantitative estimate of drug-likeness (QED) is 0.354. The van der Waals surface area contributed by atoms with Gasteiger partial charge in [-0.25, -0.2) is 18.4 Å². The number of hydrogen-bond acceptors (Lipinski definition) is 10. The van der Waals surface area contributed by atoms with E-state index in [2.05, 4.69) is 20.6 Å². The predicted octanol–water partition coefficient (Wildman–Crippen LogP) is 4.79. The van der Waals surface area contributed by atoms with Gasteiger partial charge in [0.25, 0.3) is 5.91 Å². The van der Waals surface area contributed by atoms with Crippen LogP contribution < -0.4 is 15.4 Å². The van der Waals surface area contributed by atoms with Crippen molar-refractivity contribution >= 4 is 50.5 Å². The lowest BCUT2D eigenvalue weighted by Gasteiger charge is -2.34. The zero-order valence-corrected chi connectivity index (χ0v) is 24.9. The van der Waals surface area contributed by atoms with Crippen LogP contribution in [0.2, 0.25) is 5.02 Å². The standard InChI is InChI=1S/C28H33ClN6O5S/c1-17(2)40-24-13-19-16-35(34-9-11-39-12-10-34)27(36)20(19)14-23(24)32-28-30-15-21(29)26(33-28)31-22-7-5-6-8-25(22)41(37,38)18(3)4/h5-8,13-15,17-18H,9-12,16H2,1-4H3,(H2,30,31,32,33). The molecule has 0 radical (unpaired) electrons.